The molecular weight excluding hydrogens is 330 g/mol. The Kier molecular flexibility index (Phi) is 4.34. The van der Waals surface area contributed by atoms with Crippen LogP contribution in [0.25, 0.3) is 0 Å². The first-order valence-corrected chi connectivity index (χ1v) is 9.86. The Morgan fingerprint density at radius 3 is 2.54 bits per heavy atom. The molecule has 1 spiro atoms. The molecule has 0 radical (unpaired) electrons. The maximum Gasteiger partial charge on any atom is 0.255 e. The number of nitrogens with zero attached hydrogens (tertiary/aromatic N) is 2. The number of hydrogen-bond acceptors (Lipinski definition) is 3. The van der Waals surface area contributed by atoms with E-state index in [2.05, 4.69) is 18.8 Å². The van der Waals surface area contributed by atoms with Gasteiger partial charge in [-0.2, -0.15) is 0 Å². The average molecular weight is 359 g/mol. The number of rotatable bonds is 3. The maximum absolute atomic E-state index is 13.0. The molecule has 1 atom stereocenters. The predicted molar refractivity (Wildman–Crippen MR) is 97.7 cm³/mol. The first-order valence-electron chi connectivity index (χ1n) is 9.86. The van der Waals surface area contributed by atoms with Crippen molar-refractivity contribution in [1.29, 1.82) is 0 Å². The summed E-state index contributed by atoms with van der Waals surface area (Å²) in [6, 6.07) is 1.81. The highest BCUT2D eigenvalue weighted by atomic mass is 16.5. The monoisotopic (exact) mass is 359 g/mol. The van der Waals surface area contributed by atoms with E-state index in [4.69, 9.17) is 4.74 Å². The van der Waals surface area contributed by atoms with Crippen LogP contribution < -0.4 is 0 Å². The predicted octanol–water partition coefficient (Wildman–Crippen LogP) is 2.43. The van der Waals surface area contributed by atoms with E-state index in [9.17, 15) is 9.59 Å². The maximum atomic E-state index is 13.0. The van der Waals surface area contributed by atoms with Gasteiger partial charge in [-0.25, -0.2) is 0 Å². The van der Waals surface area contributed by atoms with Crippen LogP contribution >= 0.6 is 0 Å². The topological polar surface area (TPSA) is 65.6 Å². The molecule has 2 amide bonds. The number of aromatic amines is 1. The zero-order chi connectivity index (χ0) is 18.4. The van der Waals surface area contributed by atoms with E-state index in [-0.39, 0.29) is 23.0 Å². The van der Waals surface area contributed by atoms with Gasteiger partial charge >= 0.3 is 0 Å². The van der Waals surface area contributed by atoms with Crippen molar-refractivity contribution in [3.63, 3.8) is 0 Å². The van der Waals surface area contributed by atoms with Crippen molar-refractivity contribution in [2.24, 2.45) is 5.41 Å². The van der Waals surface area contributed by atoms with Gasteiger partial charge in [0.15, 0.2) is 0 Å². The minimum Gasteiger partial charge on any atom is -0.368 e. The van der Waals surface area contributed by atoms with E-state index in [0.29, 0.717) is 37.6 Å². The number of carbonyl (C=O) groups is 2. The lowest BCUT2D eigenvalue weighted by atomic mass is 9.87. The van der Waals surface area contributed by atoms with Crippen molar-refractivity contribution in [3.8, 4) is 0 Å². The number of ether oxygens (including phenoxy) is 1. The molecule has 1 N–H and O–H groups in total. The number of carbonyl (C=O) groups excluding carboxylic acids is 2. The van der Waals surface area contributed by atoms with Crippen molar-refractivity contribution >= 4 is 11.8 Å². The third kappa shape index (κ3) is 3.04. The Morgan fingerprint density at radius 1 is 1.23 bits per heavy atom. The van der Waals surface area contributed by atoms with Crippen molar-refractivity contribution in [3.05, 3.63) is 24.0 Å². The van der Waals surface area contributed by atoms with E-state index >= 15 is 0 Å². The van der Waals surface area contributed by atoms with Gasteiger partial charge in [0.2, 0.25) is 5.91 Å². The lowest BCUT2D eigenvalue weighted by Crippen LogP contribution is -2.61. The molecule has 0 aromatic carbocycles. The van der Waals surface area contributed by atoms with Gasteiger partial charge in [-0.1, -0.05) is 6.92 Å². The minimum absolute atomic E-state index is 0.0484. The standard InChI is InChI=1S/C20H29N3O3/c1-3-19(5-6-19)18(25)23-13-15(2)26-20(14-23)7-10-22(11-8-20)17(24)16-4-9-21-12-16/h4,9,12,15,21H,3,5-8,10-11,13-14H2,1-2H3. The fourth-order valence-corrected chi connectivity index (χ4v) is 4.62. The summed E-state index contributed by atoms with van der Waals surface area (Å²) < 4.78 is 6.34. The first-order chi connectivity index (χ1) is 12.5. The molecule has 142 valence electrons. The van der Waals surface area contributed by atoms with Crippen LogP contribution in [0.1, 0.15) is 56.3 Å². The fourth-order valence-electron chi connectivity index (χ4n) is 4.62. The Hall–Kier alpha value is -1.82. The summed E-state index contributed by atoms with van der Waals surface area (Å²) in [6.07, 6.45) is 8.13. The second kappa shape index (κ2) is 6.41. The molecule has 1 saturated carbocycles. The van der Waals surface area contributed by atoms with Gasteiger partial charge in [0.25, 0.3) is 5.91 Å². The fraction of sp³-hybridized carbons (Fsp3) is 0.700. The van der Waals surface area contributed by atoms with E-state index in [1.54, 1.807) is 12.4 Å². The zero-order valence-corrected chi connectivity index (χ0v) is 15.8. The smallest absolute Gasteiger partial charge is 0.255 e. The van der Waals surface area contributed by atoms with Crippen LogP contribution in [0.4, 0.5) is 0 Å². The van der Waals surface area contributed by atoms with Crippen LogP contribution in [0.3, 0.4) is 0 Å². The summed E-state index contributed by atoms with van der Waals surface area (Å²) in [4.78, 5) is 32.5. The summed E-state index contributed by atoms with van der Waals surface area (Å²) >= 11 is 0. The van der Waals surface area contributed by atoms with Gasteiger partial charge < -0.3 is 19.5 Å². The molecule has 3 fully saturated rings. The highest BCUT2D eigenvalue weighted by Gasteiger charge is 2.53. The molecule has 6 nitrogen and oxygen atoms in total. The Morgan fingerprint density at radius 2 is 1.96 bits per heavy atom. The molecule has 1 aromatic heterocycles. The molecule has 2 saturated heterocycles. The highest BCUT2D eigenvalue weighted by Crippen LogP contribution is 2.50. The van der Waals surface area contributed by atoms with Crippen LogP contribution in [0.2, 0.25) is 0 Å². The Labute approximate surface area is 154 Å². The van der Waals surface area contributed by atoms with Crippen molar-refractivity contribution in [1.82, 2.24) is 14.8 Å². The largest absolute Gasteiger partial charge is 0.368 e. The molecule has 26 heavy (non-hydrogen) atoms. The zero-order valence-electron chi connectivity index (χ0n) is 15.8. The normalized spacial score (nSPS) is 26.8. The van der Waals surface area contributed by atoms with Crippen molar-refractivity contribution < 1.29 is 14.3 Å². The molecule has 6 heteroatoms. The van der Waals surface area contributed by atoms with E-state index in [0.717, 1.165) is 32.1 Å². The summed E-state index contributed by atoms with van der Waals surface area (Å²) in [6.45, 7) is 6.90. The number of H-pyrrole nitrogens is 1. The van der Waals surface area contributed by atoms with Crippen LogP contribution in [0.5, 0.6) is 0 Å². The molecule has 1 unspecified atom stereocenters. The Balaban J connectivity index is 1.42. The van der Waals surface area contributed by atoms with Gasteiger partial charge in [-0.3, -0.25) is 9.59 Å². The van der Waals surface area contributed by atoms with Gasteiger partial charge in [-0.15, -0.1) is 0 Å². The SMILES string of the molecule is CCC1(C(=O)N2CC(C)OC3(CCN(C(=O)c4cc[nH]c4)CC3)C2)CC1. The molecule has 1 aromatic rings. The number of aromatic nitrogens is 1. The number of likely N-dealkylation sites (tertiary alicyclic amines) is 1. The van der Waals surface area contributed by atoms with Crippen LogP contribution in [0, 0.1) is 5.41 Å². The van der Waals surface area contributed by atoms with Crippen LogP contribution in [-0.2, 0) is 9.53 Å². The molecule has 2 aliphatic heterocycles. The van der Waals surface area contributed by atoms with Gasteiger partial charge in [0.05, 0.1) is 17.3 Å². The van der Waals surface area contributed by atoms with Crippen LogP contribution in [-0.4, -0.2) is 64.5 Å². The first kappa shape index (κ1) is 17.6. The van der Waals surface area contributed by atoms with Gasteiger partial charge in [0.1, 0.15) is 0 Å². The lowest BCUT2D eigenvalue weighted by molar-refractivity contribution is -0.181. The van der Waals surface area contributed by atoms with E-state index < -0.39 is 0 Å². The second-order valence-corrected chi connectivity index (χ2v) is 8.32. The summed E-state index contributed by atoms with van der Waals surface area (Å²) in [7, 11) is 0. The number of hydrogen-bond donors (Lipinski definition) is 1. The molecule has 3 aliphatic rings. The third-order valence-corrected chi connectivity index (χ3v) is 6.49. The van der Waals surface area contributed by atoms with E-state index in [1.807, 2.05) is 15.9 Å². The second-order valence-electron chi connectivity index (χ2n) is 8.32. The number of morpholine rings is 1. The molecule has 1 aliphatic carbocycles. The summed E-state index contributed by atoms with van der Waals surface area (Å²) in [5.41, 5.74) is 0.309. The average Bonchev–Trinajstić information content (AvgIpc) is 3.25. The van der Waals surface area contributed by atoms with Gasteiger partial charge in [0, 0.05) is 44.0 Å². The number of piperidine rings is 1. The molecule has 3 heterocycles. The third-order valence-electron chi connectivity index (χ3n) is 6.49. The summed E-state index contributed by atoms with van der Waals surface area (Å²) in [5.74, 6) is 0.390. The number of nitrogens with one attached hydrogen (secondary N) is 1. The van der Waals surface area contributed by atoms with Crippen molar-refractivity contribution in [2.45, 2.75) is 57.7 Å². The molecule has 0 bridgehead atoms. The lowest BCUT2D eigenvalue weighted by Gasteiger charge is -2.50. The van der Waals surface area contributed by atoms with E-state index in [1.165, 1.54) is 0 Å². The van der Waals surface area contributed by atoms with Crippen molar-refractivity contribution in [2.75, 3.05) is 26.2 Å². The molecule has 4 rings (SSSR count). The minimum atomic E-state index is -0.300. The highest BCUT2D eigenvalue weighted by molar-refractivity contribution is 5.94. The Bertz CT molecular complexity index is 672. The summed E-state index contributed by atoms with van der Waals surface area (Å²) in [5, 5.41) is 0. The molecular formula is C20H29N3O3. The van der Waals surface area contributed by atoms with Crippen LogP contribution in [0.15, 0.2) is 18.5 Å². The number of amides is 2. The quantitative estimate of drug-likeness (QED) is 0.901. The van der Waals surface area contributed by atoms with Gasteiger partial charge in [-0.05, 0) is 45.1 Å².